The van der Waals surface area contributed by atoms with Crippen LogP contribution in [0.3, 0.4) is 0 Å². The molecule has 1 N–H and O–H groups in total. The van der Waals surface area contributed by atoms with Crippen LogP contribution in [0, 0.1) is 12.8 Å². The SMILES string of the molecule is Cc1cn[nH]c1C[C@@H]1CCCN(C(=O)Cn2c(=O)oc3ccccc32)C1. The number of para-hydroxylation sites is 2. The number of piperidine rings is 1. The van der Waals surface area contributed by atoms with Crippen molar-refractivity contribution in [2.45, 2.75) is 32.7 Å². The lowest BCUT2D eigenvalue weighted by atomic mass is 9.92. The number of nitrogens with one attached hydrogen (secondary N) is 1. The molecule has 0 unspecified atom stereocenters. The summed E-state index contributed by atoms with van der Waals surface area (Å²) in [5.74, 6) is -0.115. The Kier molecular flexibility index (Phi) is 4.36. The predicted octanol–water partition coefficient (Wildman–Crippen LogP) is 2.11. The summed E-state index contributed by atoms with van der Waals surface area (Å²) in [6.07, 6.45) is 4.79. The molecule has 1 aliphatic heterocycles. The first-order valence-corrected chi connectivity index (χ1v) is 8.97. The lowest BCUT2D eigenvalue weighted by Crippen LogP contribution is -2.43. The van der Waals surface area contributed by atoms with E-state index in [1.54, 1.807) is 12.1 Å². The summed E-state index contributed by atoms with van der Waals surface area (Å²) >= 11 is 0. The van der Waals surface area contributed by atoms with Gasteiger partial charge in [0.2, 0.25) is 5.91 Å². The third kappa shape index (κ3) is 3.16. The van der Waals surface area contributed by atoms with Gasteiger partial charge in [0.05, 0.1) is 11.7 Å². The number of aromatic nitrogens is 3. The van der Waals surface area contributed by atoms with Gasteiger partial charge < -0.3 is 9.32 Å². The summed E-state index contributed by atoms with van der Waals surface area (Å²) in [6, 6.07) is 7.18. The summed E-state index contributed by atoms with van der Waals surface area (Å²) in [5.41, 5.74) is 3.47. The van der Waals surface area contributed by atoms with Crippen molar-refractivity contribution in [1.82, 2.24) is 19.7 Å². The Hall–Kier alpha value is -2.83. The molecule has 2 aromatic heterocycles. The molecule has 0 spiro atoms. The zero-order chi connectivity index (χ0) is 18.1. The van der Waals surface area contributed by atoms with Gasteiger partial charge in [0.15, 0.2) is 5.58 Å². The zero-order valence-corrected chi connectivity index (χ0v) is 14.8. The van der Waals surface area contributed by atoms with E-state index in [1.165, 1.54) is 4.57 Å². The monoisotopic (exact) mass is 354 g/mol. The molecular formula is C19H22N4O3. The second-order valence-electron chi connectivity index (χ2n) is 7.01. The number of aromatic amines is 1. The Bertz CT molecular complexity index is 984. The number of amides is 1. The maximum absolute atomic E-state index is 12.8. The molecule has 3 heterocycles. The van der Waals surface area contributed by atoms with Crippen molar-refractivity contribution in [2.24, 2.45) is 5.92 Å². The quantitative estimate of drug-likeness (QED) is 0.778. The Morgan fingerprint density at radius 1 is 1.38 bits per heavy atom. The van der Waals surface area contributed by atoms with E-state index in [2.05, 4.69) is 10.2 Å². The fourth-order valence-electron chi connectivity index (χ4n) is 3.73. The first-order chi connectivity index (χ1) is 12.6. The molecule has 136 valence electrons. The number of likely N-dealkylation sites (tertiary alicyclic amines) is 1. The van der Waals surface area contributed by atoms with Crippen LogP contribution in [0.15, 0.2) is 39.7 Å². The van der Waals surface area contributed by atoms with Gasteiger partial charge in [0, 0.05) is 18.8 Å². The van der Waals surface area contributed by atoms with Gasteiger partial charge in [-0.25, -0.2) is 4.79 Å². The number of H-pyrrole nitrogens is 1. The number of rotatable bonds is 4. The van der Waals surface area contributed by atoms with Gasteiger partial charge in [-0.1, -0.05) is 12.1 Å². The first kappa shape index (κ1) is 16.6. The summed E-state index contributed by atoms with van der Waals surface area (Å²) in [4.78, 5) is 26.7. The number of fused-ring (bicyclic) bond motifs is 1. The molecule has 1 fully saturated rings. The van der Waals surface area contributed by atoms with Gasteiger partial charge in [-0.15, -0.1) is 0 Å². The van der Waals surface area contributed by atoms with Crippen LogP contribution in [-0.2, 0) is 17.8 Å². The van der Waals surface area contributed by atoms with Crippen molar-refractivity contribution < 1.29 is 9.21 Å². The zero-order valence-electron chi connectivity index (χ0n) is 14.8. The number of aryl methyl sites for hydroxylation is 1. The Morgan fingerprint density at radius 3 is 3.04 bits per heavy atom. The van der Waals surface area contributed by atoms with Crippen LogP contribution in [0.4, 0.5) is 0 Å². The second kappa shape index (κ2) is 6.82. The molecule has 1 atom stereocenters. The maximum atomic E-state index is 12.8. The van der Waals surface area contributed by atoms with E-state index in [9.17, 15) is 9.59 Å². The number of carbonyl (C=O) groups is 1. The molecule has 4 rings (SSSR count). The highest BCUT2D eigenvalue weighted by Crippen LogP contribution is 2.22. The molecule has 26 heavy (non-hydrogen) atoms. The van der Waals surface area contributed by atoms with Crippen LogP contribution in [0.2, 0.25) is 0 Å². The second-order valence-corrected chi connectivity index (χ2v) is 7.01. The van der Waals surface area contributed by atoms with Crippen LogP contribution < -0.4 is 5.76 Å². The molecule has 1 aliphatic rings. The summed E-state index contributed by atoms with van der Waals surface area (Å²) < 4.78 is 6.63. The van der Waals surface area contributed by atoms with Crippen molar-refractivity contribution in [1.29, 1.82) is 0 Å². The number of nitrogens with zero attached hydrogens (tertiary/aromatic N) is 3. The van der Waals surface area contributed by atoms with Gasteiger partial charge in [-0.05, 0) is 49.8 Å². The third-order valence-electron chi connectivity index (χ3n) is 5.17. The topological polar surface area (TPSA) is 84.1 Å². The summed E-state index contributed by atoms with van der Waals surface area (Å²) in [5, 5.41) is 7.13. The van der Waals surface area contributed by atoms with Gasteiger partial charge in [-0.3, -0.25) is 14.5 Å². The normalized spacial score (nSPS) is 17.7. The number of hydrogen-bond acceptors (Lipinski definition) is 4. The van der Waals surface area contributed by atoms with Crippen molar-refractivity contribution in [3.63, 3.8) is 0 Å². The van der Waals surface area contributed by atoms with Crippen LogP contribution in [-0.4, -0.2) is 38.7 Å². The summed E-state index contributed by atoms with van der Waals surface area (Å²) in [6.45, 7) is 3.51. The molecular weight excluding hydrogens is 332 g/mol. The molecule has 0 radical (unpaired) electrons. The lowest BCUT2D eigenvalue weighted by Gasteiger charge is -2.32. The van der Waals surface area contributed by atoms with E-state index < -0.39 is 5.76 Å². The van der Waals surface area contributed by atoms with Gasteiger partial charge in [0.25, 0.3) is 0 Å². The molecule has 3 aromatic rings. The molecule has 0 bridgehead atoms. The van der Waals surface area contributed by atoms with Crippen LogP contribution in [0.25, 0.3) is 11.1 Å². The van der Waals surface area contributed by atoms with E-state index in [-0.39, 0.29) is 12.5 Å². The minimum atomic E-state index is -0.485. The Morgan fingerprint density at radius 2 is 2.23 bits per heavy atom. The fraction of sp³-hybridized carbons (Fsp3) is 0.421. The first-order valence-electron chi connectivity index (χ1n) is 8.97. The standard InChI is InChI=1S/C19H22N4O3/c1-13-10-20-21-15(13)9-14-5-4-8-22(11-14)18(24)12-23-16-6-2-3-7-17(16)26-19(23)25/h2-3,6-7,10,14H,4-5,8-9,11-12H2,1H3,(H,20,21)/t14-/m0/s1. The van der Waals surface area contributed by atoms with Gasteiger partial charge >= 0.3 is 5.76 Å². The molecule has 1 amide bonds. The predicted molar refractivity (Wildman–Crippen MR) is 96.8 cm³/mol. The largest absolute Gasteiger partial charge is 0.420 e. The van der Waals surface area contributed by atoms with E-state index in [0.29, 0.717) is 23.6 Å². The van der Waals surface area contributed by atoms with Crippen molar-refractivity contribution in [3.05, 3.63) is 52.3 Å². The molecule has 0 aliphatic carbocycles. The molecule has 7 heteroatoms. The fourth-order valence-corrected chi connectivity index (χ4v) is 3.73. The van der Waals surface area contributed by atoms with Crippen molar-refractivity contribution in [3.8, 4) is 0 Å². The van der Waals surface area contributed by atoms with Gasteiger partial charge in [0.1, 0.15) is 6.54 Å². The maximum Gasteiger partial charge on any atom is 0.420 e. The number of carbonyl (C=O) groups excluding carboxylic acids is 1. The average molecular weight is 354 g/mol. The highest BCUT2D eigenvalue weighted by molar-refractivity contribution is 5.79. The minimum absolute atomic E-state index is 0.0195. The molecule has 1 saturated heterocycles. The summed E-state index contributed by atoms with van der Waals surface area (Å²) in [7, 11) is 0. The number of hydrogen-bond donors (Lipinski definition) is 1. The Balaban J connectivity index is 1.46. The van der Waals surface area contributed by atoms with Crippen molar-refractivity contribution in [2.75, 3.05) is 13.1 Å². The molecule has 1 aromatic carbocycles. The minimum Gasteiger partial charge on any atom is -0.408 e. The van der Waals surface area contributed by atoms with Crippen LogP contribution >= 0.6 is 0 Å². The van der Waals surface area contributed by atoms with Gasteiger partial charge in [-0.2, -0.15) is 5.10 Å². The molecule has 0 saturated carbocycles. The van der Waals surface area contributed by atoms with Crippen LogP contribution in [0.1, 0.15) is 24.1 Å². The van der Waals surface area contributed by atoms with Crippen LogP contribution in [0.5, 0.6) is 0 Å². The van der Waals surface area contributed by atoms with E-state index >= 15 is 0 Å². The third-order valence-corrected chi connectivity index (χ3v) is 5.17. The smallest absolute Gasteiger partial charge is 0.408 e. The van der Waals surface area contributed by atoms with Crippen molar-refractivity contribution >= 4 is 17.0 Å². The number of oxazole rings is 1. The highest BCUT2D eigenvalue weighted by Gasteiger charge is 2.25. The Labute approximate surface area is 150 Å². The van der Waals surface area contributed by atoms with E-state index in [4.69, 9.17) is 4.42 Å². The van der Waals surface area contributed by atoms with E-state index in [1.807, 2.05) is 30.2 Å². The molecule has 7 nitrogen and oxygen atoms in total. The highest BCUT2D eigenvalue weighted by atomic mass is 16.4. The average Bonchev–Trinajstić information content (AvgIpc) is 3.18. The number of benzene rings is 1. The lowest BCUT2D eigenvalue weighted by molar-refractivity contribution is -0.133. The van der Waals surface area contributed by atoms with E-state index in [0.717, 1.165) is 37.1 Å².